The quantitative estimate of drug-likeness (QED) is 0.849. The van der Waals surface area contributed by atoms with Gasteiger partial charge in [0.05, 0.1) is 0 Å². The Morgan fingerprint density at radius 2 is 1.88 bits per heavy atom. The Labute approximate surface area is 95.7 Å². The molecule has 1 rings (SSSR count). The van der Waals surface area contributed by atoms with Crippen LogP contribution in [0.1, 0.15) is 61.2 Å². The number of carbonyl (C=O) groups is 1. The minimum Gasteiger partial charge on any atom is -0.476 e. The van der Waals surface area contributed by atoms with Gasteiger partial charge >= 0.3 is 5.97 Å². The van der Waals surface area contributed by atoms with E-state index >= 15 is 0 Å². The second kappa shape index (κ2) is 5.05. The number of hydrogen-bond acceptors (Lipinski definition) is 3. The molecule has 88 valence electrons. The Hall–Kier alpha value is -1.45. The summed E-state index contributed by atoms with van der Waals surface area (Å²) in [6, 6.07) is 0. The van der Waals surface area contributed by atoms with Gasteiger partial charge in [-0.25, -0.2) is 14.8 Å². The Morgan fingerprint density at radius 3 is 2.25 bits per heavy atom. The molecule has 0 aliphatic heterocycles. The third-order valence-corrected chi connectivity index (χ3v) is 2.50. The first-order valence-corrected chi connectivity index (χ1v) is 5.64. The Balaban J connectivity index is 3.47. The zero-order chi connectivity index (χ0) is 12.3. The zero-order valence-corrected chi connectivity index (χ0v) is 10.2. The van der Waals surface area contributed by atoms with Crippen LogP contribution in [0.15, 0.2) is 0 Å². The monoisotopic (exact) mass is 222 g/mol. The number of carboxylic acids is 1. The maximum Gasteiger partial charge on any atom is 0.354 e. The van der Waals surface area contributed by atoms with Gasteiger partial charge in [0.2, 0.25) is 0 Å². The minimum atomic E-state index is -0.962. The molecule has 0 aliphatic rings. The highest BCUT2D eigenvalue weighted by Gasteiger charge is 2.20. The first kappa shape index (κ1) is 12.6. The maximum absolute atomic E-state index is 11.2. The zero-order valence-electron chi connectivity index (χ0n) is 10.2. The summed E-state index contributed by atoms with van der Waals surface area (Å²) in [7, 11) is 0. The molecule has 0 spiro atoms. The van der Waals surface area contributed by atoms with Gasteiger partial charge < -0.3 is 5.11 Å². The van der Waals surface area contributed by atoms with Crippen molar-refractivity contribution in [1.29, 1.82) is 0 Å². The van der Waals surface area contributed by atoms with Crippen LogP contribution >= 0.6 is 0 Å². The smallest absolute Gasteiger partial charge is 0.354 e. The molecule has 0 aliphatic carbocycles. The van der Waals surface area contributed by atoms with Gasteiger partial charge in [-0.15, -0.1) is 0 Å². The molecule has 0 bridgehead atoms. The molecule has 0 unspecified atom stereocenters. The van der Waals surface area contributed by atoms with Crippen molar-refractivity contribution < 1.29 is 9.90 Å². The van der Waals surface area contributed by atoms with Crippen molar-refractivity contribution in [3.8, 4) is 0 Å². The summed E-state index contributed by atoms with van der Waals surface area (Å²) in [6.07, 6.45) is 1.40. The van der Waals surface area contributed by atoms with Crippen LogP contribution in [0.2, 0.25) is 0 Å². The van der Waals surface area contributed by atoms with Crippen LogP contribution in [0.3, 0.4) is 0 Å². The van der Waals surface area contributed by atoms with E-state index < -0.39 is 5.97 Å². The van der Waals surface area contributed by atoms with E-state index in [0.717, 1.165) is 17.7 Å². The molecule has 0 saturated heterocycles. The topological polar surface area (TPSA) is 63.1 Å². The van der Waals surface area contributed by atoms with Gasteiger partial charge in [-0.2, -0.15) is 0 Å². The van der Waals surface area contributed by atoms with Crippen LogP contribution in [-0.4, -0.2) is 21.0 Å². The average molecular weight is 222 g/mol. The lowest BCUT2D eigenvalue weighted by Gasteiger charge is -2.14. The van der Waals surface area contributed by atoms with Crippen LogP contribution in [0.5, 0.6) is 0 Å². The summed E-state index contributed by atoms with van der Waals surface area (Å²) in [4.78, 5) is 19.7. The number of carboxylic acid groups (broad SMARTS) is 1. The Morgan fingerprint density at radius 1 is 1.25 bits per heavy atom. The number of aromatic nitrogens is 2. The van der Waals surface area contributed by atoms with E-state index in [2.05, 4.69) is 9.97 Å². The van der Waals surface area contributed by atoms with Crippen molar-refractivity contribution in [2.75, 3.05) is 0 Å². The summed E-state index contributed by atoms with van der Waals surface area (Å²) in [5, 5.41) is 9.16. The predicted molar refractivity (Wildman–Crippen MR) is 61.8 cm³/mol. The van der Waals surface area contributed by atoms with E-state index in [1.165, 1.54) is 0 Å². The molecule has 0 atom stereocenters. The summed E-state index contributed by atoms with van der Waals surface area (Å²) in [5.74, 6) is -0.221. The molecular weight excluding hydrogens is 204 g/mol. The van der Waals surface area contributed by atoms with Crippen LogP contribution in [0.4, 0.5) is 0 Å². The lowest BCUT2D eigenvalue weighted by molar-refractivity contribution is 0.0688. The highest BCUT2D eigenvalue weighted by atomic mass is 16.4. The van der Waals surface area contributed by atoms with Gasteiger partial charge in [0, 0.05) is 17.7 Å². The fourth-order valence-electron chi connectivity index (χ4n) is 1.76. The number of aromatic carboxylic acids is 1. The number of rotatable bonds is 4. The van der Waals surface area contributed by atoms with Crippen molar-refractivity contribution >= 4 is 5.97 Å². The summed E-state index contributed by atoms with van der Waals surface area (Å²) >= 11 is 0. The summed E-state index contributed by atoms with van der Waals surface area (Å²) in [6.45, 7) is 7.85. The van der Waals surface area contributed by atoms with Gasteiger partial charge in [0.1, 0.15) is 5.82 Å². The van der Waals surface area contributed by atoms with Crippen molar-refractivity contribution in [2.45, 2.75) is 46.5 Å². The third kappa shape index (κ3) is 2.38. The Bertz CT molecular complexity index is 400. The molecule has 0 amide bonds. The third-order valence-electron chi connectivity index (χ3n) is 2.50. The van der Waals surface area contributed by atoms with E-state index in [9.17, 15) is 4.79 Å². The highest BCUT2D eigenvalue weighted by Crippen LogP contribution is 2.22. The number of nitrogens with zero attached hydrogens (tertiary/aromatic N) is 2. The molecule has 0 aromatic carbocycles. The molecule has 1 aromatic rings. The van der Waals surface area contributed by atoms with E-state index in [0.29, 0.717) is 12.2 Å². The summed E-state index contributed by atoms with van der Waals surface area (Å²) in [5.41, 5.74) is 1.80. The van der Waals surface area contributed by atoms with Crippen LogP contribution < -0.4 is 0 Å². The molecule has 1 aromatic heterocycles. The molecule has 0 saturated carbocycles. The lowest BCUT2D eigenvalue weighted by atomic mass is 9.97. The standard InChI is InChI=1S/C12H18N2O2/c1-5-8-10(7(3)4)11(12(15)16)14-9(6-2)13-8/h7H,5-6H2,1-4H3,(H,15,16). The predicted octanol–water partition coefficient (Wildman–Crippen LogP) is 2.42. The number of aryl methyl sites for hydroxylation is 2. The van der Waals surface area contributed by atoms with Crippen LogP contribution in [0.25, 0.3) is 0 Å². The van der Waals surface area contributed by atoms with E-state index in [4.69, 9.17) is 5.11 Å². The molecule has 4 nitrogen and oxygen atoms in total. The van der Waals surface area contributed by atoms with Crippen molar-refractivity contribution in [3.63, 3.8) is 0 Å². The molecule has 1 heterocycles. The molecule has 0 radical (unpaired) electrons. The molecule has 0 fully saturated rings. The molecular formula is C12H18N2O2. The average Bonchev–Trinajstić information content (AvgIpc) is 2.26. The second-order valence-corrected chi connectivity index (χ2v) is 4.02. The molecule has 4 heteroatoms. The highest BCUT2D eigenvalue weighted by molar-refractivity contribution is 5.87. The van der Waals surface area contributed by atoms with Gasteiger partial charge in [0.15, 0.2) is 5.69 Å². The van der Waals surface area contributed by atoms with Crippen LogP contribution in [-0.2, 0) is 12.8 Å². The fourth-order valence-corrected chi connectivity index (χ4v) is 1.76. The Kier molecular flexibility index (Phi) is 3.99. The first-order valence-electron chi connectivity index (χ1n) is 5.64. The largest absolute Gasteiger partial charge is 0.476 e. The maximum atomic E-state index is 11.2. The second-order valence-electron chi connectivity index (χ2n) is 4.02. The van der Waals surface area contributed by atoms with Gasteiger partial charge in [-0.1, -0.05) is 27.7 Å². The van der Waals surface area contributed by atoms with Crippen LogP contribution in [0, 0.1) is 0 Å². The molecule has 16 heavy (non-hydrogen) atoms. The molecule has 1 N–H and O–H groups in total. The normalized spacial score (nSPS) is 10.8. The van der Waals surface area contributed by atoms with Crippen molar-refractivity contribution in [1.82, 2.24) is 9.97 Å². The van der Waals surface area contributed by atoms with E-state index in [1.807, 2.05) is 27.7 Å². The van der Waals surface area contributed by atoms with Gasteiger partial charge in [-0.05, 0) is 12.3 Å². The van der Waals surface area contributed by atoms with E-state index in [1.54, 1.807) is 0 Å². The first-order chi connectivity index (χ1) is 7.51. The minimum absolute atomic E-state index is 0.131. The van der Waals surface area contributed by atoms with Crippen molar-refractivity contribution in [3.05, 3.63) is 22.8 Å². The summed E-state index contributed by atoms with van der Waals surface area (Å²) < 4.78 is 0. The van der Waals surface area contributed by atoms with Gasteiger partial charge in [0.25, 0.3) is 0 Å². The van der Waals surface area contributed by atoms with E-state index in [-0.39, 0.29) is 11.6 Å². The SMILES string of the molecule is CCc1nc(CC)c(C(C)C)c(C(=O)O)n1. The van der Waals surface area contributed by atoms with Crippen molar-refractivity contribution in [2.24, 2.45) is 0 Å². The fraction of sp³-hybridized carbons (Fsp3) is 0.583. The number of hydrogen-bond donors (Lipinski definition) is 1. The lowest BCUT2D eigenvalue weighted by Crippen LogP contribution is -2.14. The van der Waals surface area contributed by atoms with Gasteiger partial charge in [-0.3, -0.25) is 0 Å².